The smallest absolute Gasteiger partial charge is 0.154 e. The largest absolute Gasteiger partial charge is 0.388 e. The third-order valence-corrected chi connectivity index (χ3v) is 4.07. The zero-order chi connectivity index (χ0) is 13.7. The monoisotopic (exact) mass is 322 g/mol. The number of fused-ring (bicyclic) bond motifs is 1. The molecule has 3 atom stereocenters. The van der Waals surface area contributed by atoms with Crippen LogP contribution in [0.5, 0.6) is 0 Å². The molecule has 0 aliphatic carbocycles. The molecule has 102 valence electrons. The van der Waals surface area contributed by atoms with Gasteiger partial charge in [0, 0.05) is 12.3 Å². The number of aromatic nitrogens is 2. The van der Waals surface area contributed by atoms with Crippen molar-refractivity contribution in [2.24, 2.45) is 0 Å². The average Bonchev–Trinajstić information content (AvgIpc) is 2.82. The van der Waals surface area contributed by atoms with Crippen LogP contribution >= 0.6 is 34.8 Å². The highest BCUT2D eigenvalue weighted by Crippen LogP contribution is 2.35. The lowest BCUT2D eigenvalue weighted by Crippen LogP contribution is -2.25. The number of imidazole rings is 1. The van der Waals surface area contributed by atoms with Crippen LogP contribution in [0.1, 0.15) is 11.8 Å². The van der Waals surface area contributed by atoms with Crippen molar-refractivity contribution in [3.05, 3.63) is 33.2 Å². The van der Waals surface area contributed by atoms with Crippen LogP contribution in [0, 0.1) is 0 Å². The first-order valence-corrected chi connectivity index (χ1v) is 6.62. The quantitative estimate of drug-likeness (QED) is 0.843. The maximum absolute atomic E-state index is 9.90. The topological polar surface area (TPSA) is 67.0 Å². The third kappa shape index (κ3) is 2.11. The summed E-state index contributed by atoms with van der Waals surface area (Å²) in [6, 6.07) is 1.57. The lowest BCUT2D eigenvalue weighted by Gasteiger charge is -2.15. The van der Waals surface area contributed by atoms with Crippen LogP contribution in [0.25, 0.3) is 5.65 Å². The first kappa shape index (κ1) is 13.4. The molecule has 0 aromatic carbocycles. The number of rotatable bonds is 1. The van der Waals surface area contributed by atoms with Crippen LogP contribution in [-0.2, 0) is 4.74 Å². The number of ether oxygens (including phenoxy) is 1. The number of hydrogen-bond donors (Lipinski definition) is 2. The second kappa shape index (κ2) is 4.77. The van der Waals surface area contributed by atoms with Crippen LogP contribution in [0.3, 0.4) is 0 Å². The minimum Gasteiger partial charge on any atom is -0.388 e. The van der Waals surface area contributed by atoms with E-state index in [1.54, 1.807) is 16.7 Å². The van der Waals surface area contributed by atoms with Crippen LogP contribution in [0.15, 0.2) is 12.3 Å². The third-order valence-electron chi connectivity index (χ3n) is 3.08. The fourth-order valence-corrected chi connectivity index (χ4v) is 2.71. The van der Waals surface area contributed by atoms with Crippen molar-refractivity contribution in [1.29, 1.82) is 0 Å². The highest BCUT2D eigenvalue weighted by atomic mass is 35.5. The molecule has 2 N–H and O–H groups in total. The molecule has 1 fully saturated rings. The summed E-state index contributed by atoms with van der Waals surface area (Å²) in [5.74, 6) is 0. The van der Waals surface area contributed by atoms with Crippen molar-refractivity contribution < 1.29 is 14.9 Å². The van der Waals surface area contributed by atoms with Crippen LogP contribution in [0.4, 0.5) is 0 Å². The van der Waals surface area contributed by atoms with Crippen LogP contribution < -0.4 is 0 Å². The van der Waals surface area contributed by atoms with E-state index in [2.05, 4.69) is 4.98 Å². The zero-order valence-corrected chi connectivity index (χ0v) is 11.7. The van der Waals surface area contributed by atoms with Gasteiger partial charge in [-0.25, -0.2) is 4.98 Å². The Morgan fingerprint density at radius 3 is 2.63 bits per heavy atom. The summed E-state index contributed by atoms with van der Waals surface area (Å²) in [5, 5.41) is 20.3. The lowest BCUT2D eigenvalue weighted by molar-refractivity contribution is 0.0202. The Hall–Kier alpha value is -0.560. The molecule has 3 rings (SSSR count). The zero-order valence-electron chi connectivity index (χ0n) is 9.42. The average molecular weight is 324 g/mol. The highest BCUT2D eigenvalue weighted by molar-refractivity contribution is 6.42. The van der Waals surface area contributed by atoms with Crippen molar-refractivity contribution in [3.8, 4) is 0 Å². The molecule has 2 aromatic heterocycles. The second-order valence-electron chi connectivity index (χ2n) is 4.30. The highest BCUT2D eigenvalue weighted by Gasteiger charge is 2.39. The molecule has 1 aliphatic rings. The van der Waals surface area contributed by atoms with E-state index in [1.165, 1.54) is 0 Å². The molecule has 1 aliphatic heterocycles. The molecular weight excluding hydrogens is 314 g/mol. The molecule has 0 amide bonds. The first-order chi connectivity index (χ1) is 8.99. The number of halogens is 3. The Kier molecular flexibility index (Phi) is 3.37. The fourth-order valence-electron chi connectivity index (χ4n) is 2.13. The predicted molar refractivity (Wildman–Crippen MR) is 70.9 cm³/mol. The number of hydrogen-bond acceptors (Lipinski definition) is 4. The SMILES string of the molecule is O[C@@H]1[C@H](O)CO[C@@H]1c1c(Cl)nc2cc(Cl)c(Cl)cn12. The van der Waals surface area contributed by atoms with Gasteiger partial charge in [0.1, 0.15) is 24.0 Å². The number of nitrogens with zero attached hydrogens (tertiary/aromatic N) is 2. The summed E-state index contributed by atoms with van der Waals surface area (Å²) in [5.41, 5.74) is 0.936. The van der Waals surface area contributed by atoms with E-state index in [9.17, 15) is 10.2 Å². The Morgan fingerprint density at radius 2 is 2.00 bits per heavy atom. The molecule has 1 saturated heterocycles. The van der Waals surface area contributed by atoms with Crippen molar-refractivity contribution >= 4 is 40.4 Å². The van der Waals surface area contributed by atoms with E-state index in [0.29, 0.717) is 21.4 Å². The van der Waals surface area contributed by atoms with Crippen molar-refractivity contribution in [1.82, 2.24) is 9.38 Å². The molecule has 0 bridgehead atoms. The van der Waals surface area contributed by atoms with Gasteiger partial charge in [-0.15, -0.1) is 0 Å². The van der Waals surface area contributed by atoms with E-state index in [-0.39, 0.29) is 11.8 Å². The molecule has 0 radical (unpaired) electrons. The number of pyridine rings is 1. The van der Waals surface area contributed by atoms with Gasteiger partial charge in [0.05, 0.1) is 22.3 Å². The Morgan fingerprint density at radius 1 is 1.26 bits per heavy atom. The normalized spacial score (nSPS) is 27.3. The standard InChI is InChI=1S/C11H9Cl3N2O3/c12-4-1-7-15-11(14)8(16(7)2-5(4)13)10-9(18)6(17)3-19-10/h1-2,6,9-10,17-18H,3H2/t6-,9-,10-/m1/s1. The molecule has 2 aromatic rings. The number of aliphatic hydroxyl groups excluding tert-OH is 2. The molecule has 19 heavy (non-hydrogen) atoms. The maximum Gasteiger partial charge on any atom is 0.154 e. The summed E-state index contributed by atoms with van der Waals surface area (Å²) in [6.45, 7) is 0.0384. The maximum atomic E-state index is 9.90. The molecule has 0 unspecified atom stereocenters. The van der Waals surface area contributed by atoms with Crippen LogP contribution in [0.2, 0.25) is 15.2 Å². The van der Waals surface area contributed by atoms with Crippen molar-refractivity contribution in [2.45, 2.75) is 18.3 Å². The van der Waals surface area contributed by atoms with Crippen molar-refractivity contribution in [3.63, 3.8) is 0 Å². The minimum absolute atomic E-state index is 0.0384. The van der Waals surface area contributed by atoms with Gasteiger partial charge in [0.15, 0.2) is 5.15 Å². The van der Waals surface area contributed by atoms with Gasteiger partial charge in [-0.2, -0.15) is 0 Å². The Bertz CT molecular complexity index is 646. The summed E-state index contributed by atoms with van der Waals surface area (Å²) >= 11 is 18.0. The second-order valence-corrected chi connectivity index (χ2v) is 5.47. The molecule has 8 heteroatoms. The summed E-state index contributed by atoms with van der Waals surface area (Å²) < 4.78 is 6.96. The van der Waals surface area contributed by atoms with Gasteiger partial charge in [0.25, 0.3) is 0 Å². The first-order valence-electron chi connectivity index (χ1n) is 5.49. The van der Waals surface area contributed by atoms with Crippen LogP contribution in [-0.4, -0.2) is 38.4 Å². The summed E-state index contributed by atoms with van der Waals surface area (Å²) in [6.07, 6.45) is -1.22. The van der Waals surface area contributed by atoms with E-state index < -0.39 is 18.3 Å². The predicted octanol–water partition coefficient (Wildman–Crippen LogP) is 2.09. The molecular formula is C11H9Cl3N2O3. The fraction of sp³-hybridized carbons (Fsp3) is 0.364. The van der Waals surface area contributed by atoms with E-state index in [1.807, 2.05) is 0 Å². The molecule has 5 nitrogen and oxygen atoms in total. The molecule has 0 saturated carbocycles. The van der Waals surface area contributed by atoms with Gasteiger partial charge >= 0.3 is 0 Å². The lowest BCUT2D eigenvalue weighted by atomic mass is 10.1. The van der Waals surface area contributed by atoms with E-state index in [4.69, 9.17) is 39.5 Å². The minimum atomic E-state index is -1.06. The van der Waals surface area contributed by atoms with Gasteiger partial charge < -0.3 is 14.9 Å². The van der Waals surface area contributed by atoms with E-state index in [0.717, 1.165) is 0 Å². The van der Waals surface area contributed by atoms with Crippen molar-refractivity contribution in [2.75, 3.05) is 6.61 Å². The van der Waals surface area contributed by atoms with E-state index >= 15 is 0 Å². The number of aliphatic hydroxyl groups is 2. The van der Waals surface area contributed by atoms with Gasteiger partial charge in [-0.05, 0) is 0 Å². The molecule has 3 heterocycles. The van der Waals surface area contributed by atoms with Gasteiger partial charge in [-0.3, -0.25) is 4.40 Å². The summed E-state index contributed by atoms with van der Waals surface area (Å²) in [4.78, 5) is 4.13. The van der Waals surface area contributed by atoms with Gasteiger partial charge in [0.2, 0.25) is 0 Å². The Balaban J connectivity index is 2.18. The van der Waals surface area contributed by atoms with Gasteiger partial charge in [-0.1, -0.05) is 34.8 Å². The Labute approximate surface area is 123 Å². The molecule has 0 spiro atoms. The summed E-state index contributed by atoms with van der Waals surface area (Å²) in [7, 11) is 0.